The molecule has 1 nitrogen and oxygen atoms in total. The van der Waals surface area contributed by atoms with Crippen molar-refractivity contribution < 1.29 is 4.74 Å². The number of halogens is 2. The van der Waals surface area contributed by atoms with Crippen molar-refractivity contribution in [1.82, 2.24) is 0 Å². The van der Waals surface area contributed by atoms with E-state index in [1.54, 1.807) is 29.5 Å². The molecule has 0 N–H and O–H groups in total. The average Bonchev–Trinajstić information content (AvgIpc) is 3.05. The highest BCUT2D eigenvalue weighted by Gasteiger charge is 2.26. The van der Waals surface area contributed by atoms with Gasteiger partial charge in [0.05, 0.1) is 0 Å². The van der Waals surface area contributed by atoms with Crippen molar-refractivity contribution in [2.75, 3.05) is 0 Å². The first kappa shape index (κ1) is 12.3. The molecule has 0 bridgehead atoms. The van der Waals surface area contributed by atoms with Gasteiger partial charge in [0.25, 0.3) is 0 Å². The molecule has 0 saturated heterocycles. The Bertz CT molecular complexity index is 540. The second-order valence-electron chi connectivity index (χ2n) is 4.47. The Morgan fingerprint density at radius 1 is 1.17 bits per heavy atom. The van der Waals surface area contributed by atoms with E-state index in [2.05, 4.69) is 11.4 Å². The lowest BCUT2D eigenvalue weighted by Crippen LogP contribution is -1.95. The standard InChI is InChI=1S/C14H12Cl2OS/c15-10-5-11(16)7-12(6-10)17-8-14-13(3-4-18-14)9-1-2-9/h3-7,9H,1-2,8H2. The van der Waals surface area contributed by atoms with Crippen LogP contribution in [0, 0.1) is 0 Å². The van der Waals surface area contributed by atoms with Crippen molar-refractivity contribution in [1.29, 1.82) is 0 Å². The molecule has 1 heterocycles. The lowest BCUT2D eigenvalue weighted by atomic mass is 10.2. The molecule has 1 aromatic heterocycles. The van der Waals surface area contributed by atoms with Crippen molar-refractivity contribution in [2.45, 2.75) is 25.4 Å². The van der Waals surface area contributed by atoms with Crippen LogP contribution in [0.3, 0.4) is 0 Å². The molecule has 0 atom stereocenters. The summed E-state index contributed by atoms with van der Waals surface area (Å²) in [6.07, 6.45) is 2.62. The normalized spacial score (nSPS) is 14.8. The van der Waals surface area contributed by atoms with Crippen LogP contribution in [-0.2, 0) is 6.61 Å². The van der Waals surface area contributed by atoms with E-state index in [0.29, 0.717) is 16.7 Å². The van der Waals surface area contributed by atoms with Crippen LogP contribution in [0.5, 0.6) is 5.75 Å². The van der Waals surface area contributed by atoms with E-state index in [0.717, 1.165) is 11.7 Å². The Morgan fingerprint density at radius 2 is 1.89 bits per heavy atom. The van der Waals surface area contributed by atoms with Crippen LogP contribution in [0.1, 0.15) is 29.2 Å². The van der Waals surface area contributed by atoms with Crippen molar-refractivity contribution in [3.05, 3.63) is 50.1 Å². The molecular weight excluding hydrogens is 287 g/mol. The monoisotopic (exact) mass is 298 g/mol. The lowest BCUT2D eigenvalue weighted by molar-refractivity contribution is 0.309. The van der Waals surface area contributed by atoms with Gasteiger partial charge in [-0.25, -0.2) is 0 Å². The summed E-state index contributed by atoms with van der Waals surface area (Å²) < 4.78 is 5.77. The first-order chi connectivity index (χ1) is 8.72. The van der Waals surface area contributed by atoms with Gasteiger partial charge in [0.1, 0.15) is 12.4 Å². The first-order valence-electron chi connectivity index (χ1n) is 5.87. The van der Waals surface area contributed by atoms with Crippen LogP contribution in [0.2, 0.25) is 10.0 Å². The van der Waals surface area contributed by atoms with E-state index in [1.165, 1.54) is 23.3 Å². The van der Waals surface area contributed by atoms with Crippen molar-refractivity contribution >= 4 is 34.5 Å². The van der Waals surface area contributed by atoms with Gasteiger partial charge in [-0.15, -0.1) is 11.3 Å². The fraction of sp³-hybridized carbons (Fsp3) is 0.286. The Labute approximate surface area is 120 Å². The zero-order chi connectivity index (χ0) is 12.5. The number of hydrogen-bond donors (Lipinski definition) is 0. The third-order valence-electron chi connectivity index (χ3n) is 3.00. The van der Waals surface area contributed by atoms with Gasteiger partial charge in [-0.2, -0.15) is 0 Å². The van der Waals surface area contributed by atoms with E-state index >= 15 is 0 Å². The fourth-order valence-electron chi connectivity index (χ4n) is 1.99. The van der Waals surface area contributed by atoms with Gasteiger partial charge in [0.15, 0.2) is 0 Å². The molecule has 94 valence electrons. The van der Waals surface area contributed by atoms with Crippen molar-refractivity contribution in [2.24, 2.45) is 0 Å². The lowest BCUT2D eigenvalue weighted by Gasteiger charge is -2.07. The quantitative estimate of drug-likeness (QED) is 0.723. The minimum absolute atomic E-state index is 0.597. The van der Waals surface area contributed by atoms with E-state index < -0.39 is 0 Å². The summed E-state index contributed by atoms with van der Waals surface area (Å²) in [7, 11) is 0. The molecule has 1 aliphatic carbocycles. The Balaban J connectivity index is 1.71. The highest BCUT2D eigenvalue weighted by atomic mass is 35.5. The molecule has 3 rings (SSSR count). The predicted octanol–water partition coefficient (Wildman–Crippen LogP) is 5.51. The summed E-state index contributed by atoms with van der Waals surface area (Å²) in [4.78, 5) is 1.31. The van der Waals surface area contributed by atoms with Crippen LogP contribution in [0.25, 0.3) is 0 Å². The molecule has 0 amide bonds. The molecule has 1 saturated carbocycles. The van der Waals surface area contributed by atoms with Gasteiger partial charge in [0.2, 0.25) is 0 Å². The molecule has 0 radical (unpaired) electrons. The fourth-order valence-corrected chi connectivity index (χ4v) is 3.37. The number of rotatable bonds is 4. The van der Waals surface area contributed by atoms with Gasteiger partial charge in [-0.3, -0.25) is 0 Å². The summed E-state index contributed by atoms with van der Waals surface area (Å²) in [6, 6.07) is 7.50. The Kier molecular flexibility index (Phi) is 3.51. The van der Waals surface area contributed by atoms with Crippen LogP contribution < -0.4 is 4.74 Å². The maximum atomic E-state index is 5.94. The molecule has 1 aliphatic rings. The molecule has 2 aromatic rings. The van der Waals surface area contributed by atoms with Crippen molar-refractivity contribution in [3.63, 3.8) is 0 Å². The van der Waals surface area contributed by atoms with Gasteiger partial charge in [0, 0.05) is 14.9 Å². The Hall–Kier alpha value is -0.700. The molecule has 0 aliphatic heterocycles. The highest BCUT2D eigenvalue weighted by molar-refractivity contribution is 7.10. The molecule has 18 heavy (non-hydrogen) atoms. The minimum atomic E-state index is 0.597. The van der Waals surface area contributed by atoms with Gasteiger partial charge in [-0.1, -0.05) is 23.2 Å². The predicted molar refractivity (Wildman–Crippen MR) is 77.1 cm³/mol. The summed E-state index contributed by atoms with van der Waals surface area (Å²) in [6.45, 7) is 0.597. The molecule has 0 unspecified atom stereocenters. The number of hydrogen-bond acceptors (Lipinski definition) is 2. The molecule has 1 aromatic carbocycles. The number of thiophene rings is 1. The summed E-state index contributed by atoms with van der Waals surface area (Å²) in [5, 5.41) is 3.34. The summed E-state index contributed by atoms with van der Waals surface area (Å²) in [5.41, 5.74) is 1.45. The van der Waals surface area contributed by atoms with E-state index in [9.17, 15) is 0 Å². The SMILES string of the molecule is Clc1cc(Cl)cc(OCc2sccc2C2CC2)c1. The molecule has 4 heteroatoms. The van der Waals surface area contributed by atoms with Crippen LogP contribution in [0.15, 0.2) is 29.6 Å². The van der Waals surface area contributed by atoms with E-state index in [4.69, 9.17) is 27.9 Å². The topological polar surface area (TPSA) is 9.23 Å². The largest absolute Gasteiger partial charge is 0.488 e. The first-order valence-corrected chi connectivity index (χ1v) is 7.51. The van der Waals surface area contributed by atoms with Crippen molar-refractivity contribution in [3.8, 4) is 5.75 Å². The van der Waals surface area contributed by atoms with Gasteiger partial charge < -0.3 is 4.74 Å². The third kappa shape index (κ3) is 2.82. The Morgan fingerprint density at radius 3 is 2.56 bits per heavy atom. The zero-order valence-electron chi connectivity index (χ0n) is 9.66. The number of benzene rings is 1. The van der Waals surface area contributed by atoms with E-state index in [1.807, 2.05) is 0 Å². The second kappa shape index (κ2) is 5.12. The molecule has 1 fully saturated rings. The third-order valence-corrected chi connectivity index (χ3v) is 4.35. The van der Waals surface area contributed by atoms with Crippen LogP contribution in [0.4, 0.5) is 0 Å². The van der Waals surface area contributed by atoms with E-state index in [-0.39, 0.29) is 0 Å². The maximum absolute atomic E-state index is 5.94. The van der Waals surface area contributed by atoms with Crippen LogP contribution >= 0.6 is 34.5 Å². The maximum Gasteiger partial charge on any atom is 0.123 e. The van der Waals surface area contributed by atoms with Crippen LogP contribution in [-0.4, -0.2) is 0 Å². The molecular formula is C14H12Cl2OS. The smallest absolute Gasteiger partial charge is 0.123 e. The molecule has 0 spiro atoms. The summed E-state index contributed by atoms with van der Waals surface area (Å²) >= 11 is 13.6. The average molecular weight is 299 g/mol. The number of ether oxygens (including phenoxy) is 1. The highest BCUT2D eigenvalue weighted by Crippen LogP contribution is 2.43. The zero-order valence-corrected chi connectivity index (χ0v) is 12.0. The minimum Gasteiger partial charge on any atom is -0.488 e. The van der Waals surface area contributed by atoms with Gasteiger partial charge in [-0.05, 0) is 54.0 Å². The summed E-state index contributed by atoms with van der Waals surface area (Å²) in [5.74, 6) is 1.49. The van der Waals surface area contributed by atoms with Gasteiger partial charge >= 0.3 is 0 Å². The second-order valence-corrected chi connectivity index (χ2v) is 6.34.